The summed E-state index contributed by atoms with van der Waals surface area (Å²) in [6.07, 6.45) is -7.92. The number of amides is 1. The Hall–Kier alpha value is -0.970. The van der Waals surface area contributed by atoms with E-state index in [1.807, 2.05) is 5.32 Å². The zero-order chi connectivity index (χ0) is 13.7. The molecule has 1 fully saturated rings. The number of carbonyl (C=O) groups is 1. The predicted octanol–water partition coefficient (Wildman–Crippen LogP) is -2.93. The van der Waals surface area contributed by atoms with E-state index in [-0.39, 0.29) is 13.2 Å². The third kappa shape index (κ3) is 3.77. The first-order valence-electron chi connectivity index (χ1n) is 5.36. The Morgan fingerprint density at radius 2 is 1.89 bits per heavy atom. The molecule has 0 radical (unpaired) electrons. The fraction of sp³-hybridized carbons (Fsp3) is 0.889. The van der Waals surface area contributed by atoms with Gasteiger partial charge < -0.3 is 40.3 Å². The van der Waals surface area contributed by atoms with E-state index >= 15 is 0 Å². The second kappa shape index (κ2) is 6.83. The first kappa shape index (κ1) is 15.1. The van der Waals surface area contributed by atoms with Crippen LogP contribution in [0.15, 0.2) is 0 Å². The van der Waals surface area contributed by atoms with Crippen LogP contribution in [0.3, 0.4) is 0 Å². The maximum atomic E-state index is 10.2. The zero-order valence-corrected chi connectivity index (χ0v) is 9.47. The van der Waals surface area contributed by atoms with Gasteiger partial charge in [0.05, 0.1) is 13.2 Å². The molecule has 106 valence electrons. The van der Waals surface area contributed by atoms with Crippen molar-refractivity contribution in [1.82, 2.24) is 5.32 Å². The lowest BCUT2D eigenvalue weighted by Crippen LogP contribution is -2.59. The number of carboxylic acid groups (broad SMARTS) is 1. The van der Waals surface area contributed by atoms with Gasteiger partial charge in [0.15, 0.2) is 6.29 Å². The quantitative estimate of drug-likeness (QED) is 0.290. The Bertz CT molecular complexity index is 273. The lowest BCUT2D eigenvalue weighted by atomic mass is 9.99. The first-order chi connectivity index (χ1) is 8.47. The molecule has 1 heterocycles. The van der Waals surface area contributed by atoms with Gasteiger partial charge in [0.25, 0.3) is 0 Å². The van der Waals surface area contributed by atoms with Crippen molar-refractivity contribution in [3.8, 4) is 0 Å². The standard InChI is InChI=1S/C9H17NO8/c11-3-4-5(12)6(13)7(14)8(18-4)17-2-1-10-9(15)16/h4-8,10-14H,1-3H2,(H,15,16)/t4-,5-,6+,7-,8-/m1/s1. The Morgan fingerprint density at radius 1 is 1.22 bits per heavy atom. The van der Waals surface area contributed by atoms with Gasteiger partial charge in [-0.1, -0.05) is 0 Å². The van der Waals surface area contributed by atoms with Crippen LogP contribution < -0.4 is 5.32 Å². The molecule has 0 saturated carbocycles. The van der Waals surface area contributed by atoms with Gasteiger partial charge in [-0.3, -0.25) is 0 Å². The van der Waals surface area contributed by atoms with Gasteiger partial charge in [-0.15, -0.1) is 0 Å². The van der Waals surface area contributed by atoms with Crippen molar-refractivity contribution in [1.29, 1.82) is 0 Å². The lowest BCUT2D eigenvalue weighted by molar-refractivity contribution is -0.300. The van der Waals surface area contributed by atoms with E-state index in [0.717, 1.165) is 0 Å². The van der Waals surface area contributed by atoms with Crippen molar-refractivity contribution < 1.29 is 39.8 Å². The summed E-state index contributed by atoms with van der Waals surface area (Å²) in [6, 6.07) is 0. The highest BCUT2D eigenvalue weighted by atomic mass is 16.7. The number of aliphatic hydroxyl groups excluding tert-OH is 4. The van der Waals surface area contributed by atoms with Crippen molar-refractivity contribution in [2.24, 2.45) is 0 Å². The van der Waals surface area contributed by atoms with E-state index in [1.54, 1.807) is 0 Å². The number of hydrogen-bond acceptors (Lipinski definition) is 7. The second-order valence-corrected chi connectivity index (χ2v) is 3.80. The minimum Gasteiger partial charge on any atom is -0.465 e. The minimum atomic E-state index is -1.51. The Balaban J connectivity index is 2.41. The average molecular weight is 267 g/mol. The molecule has 0 spiro atoms. The molecule has 1 rings (SSSR count). The number of ether oxygens (including phenoxy) is 2. The summed E-state index contributed by atoms with van der Waals surface area (Å²) in [6.45, 7) is -0.655. The van der Waals surface area contributed by atoms with Crippen LogP contribution in [0, 0.1) is 0 Å². The molecule has 5 atom stereocenters. The largest absolute Gasteiger partial charge is 0.465 e. The first-order valence-corrected chi connectivity index (χ1v) is 5.36. The van der Waals surface area contributed by atoms with Gasteiger partial charge in [-0.2, -0.15) is 0 Å². The average Bonchev–Trinajstić information content (AvgIpc) is 2.34. The highest BCUT2D eigenvalue weighted by Gasteiger charge is 2.43. The number of nitrogens with one attached hydrogen (secondary N) is 1. The fourth-order valence-electron chi connectivity index (χ4n) is 1.54. The molecule has 9 nitrogen and oxygen atoms in total. The van der Waals surface area contributed by atoms with Crippen LogP contribution in [0.2, 0.25) is 0 Å². The molecular weight excluding hydrogens is 250 g/mol. The van der Waals surface area contributed by atoms with Gasteiger partial charge in [-0.05, 0) is 0 Å². The summed E-state index contributed by atoms with van der Waals surface area (Å²) in [5.41, 5.74) is 0. The molecule has 0 aromatic carbocycles. The molecule has 1 saturated heterocycles. The van der Waals surface area contributed by atoms with Crippen molar-refractivity contribution in [2.75, 3.05) is 19.8 Å². The summed E-state index contributed by atoms with van der Waals surface area (Å²) < 4.78 is 10.0. The molecule has 6 N–H and O–H groups in total. The van der Waals surface area contributed by atoms with E-state index in [1.165, 1.54) is 0 Å². The van der Waals surface area contributed by atoms with E-state index < -0.39 is 43.4 Å². The van der Waals surface area contributed by atoms with Gasteiger partial charge in [0.2, 0.25) is 0 Å². The summed E-state index contributed by atoms with van der Waals surface area (Å²) in [5, 5.41) is 47.7. The Labute approximate surface area is 103 Å². The monoisotopic (exact) mass is 267 g/mol. The summed E-state index contributed by atoms with van der Waals surface area (Å²) in [4.78, 5) is 10.2. The molecule has 0 aliphatic carbocycles. The van der Waals surface area contributed by atoms with Crippen LogP contribution in [0.5, 0.6) is 0 Å². The fourth-order valence-corrected chi connectivity index (χ4v) is 1.54. The lowest BCUT2D eigenvalue weighted by Gasteiger charge is -2.39. The van der Waals surface area contributed by atoms with Crippen LogP contribution in [-0.2, 0) is 9.47 Å². The molecule has 9 heteroatoms. The smallest absolute Gasteiger partial charge is 0.404 e. The zero-order valence-electron chi connectivity index (χ0n) is 9.47. The summed E-state index contributed by atoms with van der Waals surface area (Å²) in [5.74, 6) is 0. The maximum Gasteiger partial charge on any atom is 0.404 e. The molecule has 1 aliphatic rings. The number of rotatable bonds is 5. The highest BCUT2D eigenvalue weighted by Crippen LogP contribution is 2.21. The van der Waals surface area contributed by atoms with Crippen LogP contribution >= 0.6 is 0 Å². The topological polar surface area (TPSA) is 149 Å². The van der Waals surface area contributed by atoms with Gasteiger partial charge in [0, 0.05) is 6.54 Å². The minimum absolute atomic E-state index is 0.0235. The van der Waals surface area contributed by atoms with Crippen LogP contribution in [-0.4, -0.2) is 82.1 Å². The van der Waals surface area contributed by atoms with Crippen molar-refractivity contribution in [3.63, 3.8) is 0 Å². The molecule has 0 bridgehead atoms. The van der Waals surface area contributed by atoms with Gasteiger partial charge in [-0.25, -0.2) is 4.79 Å². The van der Waals surface area contributed by atoms with E-state index in [9.17, 15) is 20.1 Å². The third-order valence-electron chi connectivity index (χ3n) is 2.51. The molecule has 18 heavy (non-hydrogen) atoms. The second-order valence-electron chi connectivity index (χ2n) is 3.80. The van der Waals surface area contributed by atoms with Crippen molar-refractivity contribution >= 4 is 6.09 Å². The van der Waals surface area contributed by atoms with E-state index in [2.05, 4.69) is 0 Å². The van der Waals surface area contributed by atoms with Gasteiger partial charge >= 0.3 is 6.09 Å². The molecule has 0 aromatic heterocycles. The molecule has 1 amide bonds. The molecule has 0 unspecified atom stereocenters. The van der Waals surface area contributed by atoms with E-state index in [0.29, 0.717) is 0 Å². The molecule has 1 aliphatic heterocycles. The Morgan fingerprint density at radius 3 is 2.44 bits per heavy atom. The van der Waals surface area contributed by atoms with Gasteiger partial charge in [0.1, 0.15) is 24.4 Å². The summed E-state index contributed by atoms with van der Waals surface area (Å²) in [7, 11) is 0. The predicted molar refractivity (Wildman–Crippen MR) is 55.7 cm³/mol. The Kier molecular flexibility index (Phi) is 5.72. The normalized spacial score (nSPS) is 36.3. The SMILES string of the molecule is O=C(O)NCCO[C@@H]1O[C@H](CO)[C@@H](O)[C@H](O)[C@H]1O. The van der Waals surface area contributed by atoms with Crippen LogP contribution in [0.1, 0.15) is 0 Å². The van der Waals surface area contributed by atoms with Crippen LogP contribution in [0.25, 0.3) is 0 Å². The number of aliphatic hydroxyl groups is 4. The van der Waals surface area contributed by atoms with Crippen molar-refractivity contribution in [2.45, 2.75) is 30.7 Å². The third-order valence-corrected chi connectivity index (χ3v) is 2.51. The highest BCUT2D eigenvalue weighted by molar-refractivity contribution is 5.64. The van der Waals surface area contributed by atoms with E-state index in [4.69, 9.17) is 19.7 Å². The number of hydrogen-bond donors (Lipinski definition) is 6. The summed E-state index contributed by atoms with van der Waals surface area (Å²) >= 11 is 0. The van der Waals surface area contributed by atoms with Crippen molar-refractivity contribution in [3.05, 3.63) is 0 Å². The molecular formula is C9H17NO8. The maximum absolute atomic E-state index is 10.2. The van der Waals surface area contributed by atoms with Crippen LogP contribution in [0.4, 0.5) is 4.79 Å². The molecule has 0 aromatic rings.